The molecule has 0 fully saturated rings. The number of hydrogen-bond donors (Lipinski definition) is 0. The van der Waals surface area contributed by atoms with Crippen LogP contribution in [0.25, 0.3) is 0 Å². The van der Waals surface area contributed by atoms with E-state index in [1.165, 1.54) is 28.4 Å². The summed E-state index contributed by atoms with van der Waals surface area (Å²) >= 11 is 0. The van der Waals surface area contributed by atoms with Crippen LogP contribution in [-0.2, 0) is 18.9 Å². The molecule has 0 N–H and O–H groups in total. The normalized spacial score (nSPS) is 15.0. The molecule has 0 aromatic carbocycles. The van der Waals surface area contributed by atoms with E-state index in [0.29, 0.717) is 0 Å². The molecule has 0 rings (SSSR count). The van der Waals surface area contributed by atoms with Gasteiger partial charge in [-0.25, -0.2) is 0 Å². The highest BCUT2D eigenvalue weighted by atomic mass is 28.1. The van der Waals surface area contributed by atoms with Gasteiger partial charge < -0.3 is 18.9 Å². The molecule has 0 aliphatic heterocycles. The van der Waals surface area contributed by atoms with E-state index in [1.807, 2.05) is 0 Å². The van der Waals surface area contributed by atoms with Gasteiger partial charge in [-0.2, -0.15) is 0 Å². The van der Waals surface area contributed by atoms with E-state index in [9.17, 15) is 0 Å². The van der Waals surface area contributed by atoms with E-state index in [0.717, 1.165) is 0 Å². The minimum atomic E-state index is -1.17. The van der Waals surface area contributed by atoms with Crippen molar-refractivity contribution in [2.24, 2.45) is 0 Å². The minimum Gasteiger partial charge on any atom is -0.377 e. The van der Waals surface area contributed by atoms with Crippen LogP contribution in [0.2, 0.25) is 0 Å². The van der Waals surface area contributed by atoms with Crippen molar-refractivity contribution >= 4 is 10.2 Å². The zero-order valence-corrected chi connectivity index (χ0v) is 8.21. The topological polar surface area (TPSA) is 36.9 Å². The van der Waals surface area contributed by atoms with E-state index in [-0.39, 0.29) is 0 Å². The molecule has 3 radical (unpaired) electrons. The Kier molecular flexibility index (Phi) is 4.86. The molecule has 0 heterocycles. The maximum atomic E-state index is 4.97. The molecule has 0 bridgehead atoms. The fourth-order valence-corrected chi connectivity index (χ4v) is 1.07. The average molecular weight is 177 g/mol. The summed E-state index contributed by atoms with van der Waals surface area (Å²) < 4.78 is 19.8. The predicted octanol–water partition coefficient (Wildman–Crippen LogP) is -0.280. The van der Waals surface area contributed by atoms with Crippen LogP contribution in [0.15, 0.2) is 0 Å². The molecule has 65 valence electrons. The third-order valence-corrected chi connectivity index (χ3v) is 2.00. The first kappa shape index (κ1) is 11.1. The summed E-state index contributed by atoms with van der Waals surface area (Å²) in [5.74, 6) is -1.17. The molecule has 1 atom stereocenters. The summed E-state index contributed by atoms with van der Waals surface area (Å²) in [7, 11) is 9.17. The van der Waals surface area contributed by atoms with Crippen molar-refractivity contribution in [2.75, 3.05) is 28.4 Å². The molecule has 0 aromatic heterocycles. The van der Waals surface area contributed by atoms with Gasteiger partial charge in [-0.3, -0.25) is 0 Å². The zero-order chi connectivity index (χ0) is 8.91. The second kappa shape index (κ2) is 4.84. The van der Waals surface area contributed by atoms with Gasteiger partial charge in [0, 0.05) is 28.4 Å². The Bertz CT molecular complexity index is 96.5. The van der Waals surface area contributed by atoms with Gasteiger partial charge in [0.05, 0.1) is 10.2 Å². The third-order valence-electron chi connectivity index (χ3n) is 1.41. The van der Waals surface area contributed by atoms with Crippen LogP contribution in [-0.4, -0.2) is 50.4 Å². The molecule has 4 nitrogen and oxygen atoms in total. The van der Waals surface area contributed by atoms with E-state index < -0.39 is 11.7 Å². The van der Waals surface area contributed by atoms with Gasteiger partial charge in [0.25, 0.3) is 0 Å². The third kappa shape index (κ3) is 2.24. The lowest BCUT2D eigenvalue weighted by atomic mass is 10.5. The van der Waals surface area contributed by atoms with Crippen LogP contribution in [0.3, 0.4) is 0 Å². The first-order valence-corrected chi connectivity index (χ1v) is 3.64. The SMILES string of the molecule is COC([Si])C(OC)(OC)OC. The summed E-state index contributed by atoms with van der Waals surface area (Å²) in [5.41, 5.74) is -0.470. The van der Waals surface area contributed by atoms with Crippen molar-refractivity contribution in [3.63, 3.8) is 0 Å². The Balaban J connectivity index is 4.26. The van der Waals surface area contributed by atoms with Crippen molar-refractivity contribution in [2.45, 2.75) is 11.7 Å². The Morgan fingerprint density at radius 3 is 1.45 bits per heavy atom. The van der Waals surface area contributed by atoms with Crippen LogP contribution >= 0.6 is 0 Å². The molecule has 0 saturated heterocycles. The fourth-order valence-electron chi connectivity index (χ4n) is 0.715. The number of ether oxygens (including phenoxy) is 4. The van der Waals surface area contributed by atoms with Gasteiger partial charge in [-0.05, 0) is 0 Å². The number of rotatable bonds is 5. The van der Waals surface area contributed by atoms with Crippen LogP contribution in [0.5, 0.6) is 0 Å². The molecule has 0 aliphatic rings. The monoisotopic (exact) mass is 177 g/mol. The molecule has 0 saturated carbocycles. The van der Waals surface area contributed by atoms with Crippen molar-refractivity contribution in [1.29, 1.82) is 0 Å². The Morgan fingerprint density at radius 1 is 1.00 bits per heavy atom. The molecule has 0 spiro atoms. The maximum absolute atomic E-state index is 4.97. The molecule has 11 heavy (non-hydrogen) atoms. The fraction of sp³-hybridized carbons (Fsp3) is 1.00. The standard InChI is InChI=1S/C6H13O4Si/c1-7-5(11)6(8-2,9-3)10-4/h5H,1-4H3. The largest absolute Gasteiger partial charge is 0.377 e. The second-order valence-electron chi connectivity index (χ2n) is 1.83. The first-order chi connectivity index (χ1) is 5.16. The average Bonchev–Trinajstić information content (AvgIpc) is 2.08. The summed E-state index contributed by atoms with van der Waals surface area (Å²) in [6.45, 7) is 0. The van der Waals surface area contributed by atoms with E-state index >= 15 is 0 Å². The maximum Gasteiger partial charge on any atom is 0.305 e. The van der Waals surface area contributed by atoms with Crippen LogP contribution < -0.4 is 0 Å². The van der Waals surface area contributed by atoms with Gasteiger partial charge in [0.15, 0.2) is 0 Å². The van der Waals surface area contributed by atoms with Gasteiger partial charge >= 0.3 is 5.97 Å². The Labute approximate surface area is 70.2 Å². The lowest BCUT2D eigenvalue weighted by molar-refractivity contribution is -0.376. The van der Waals surface area contributed by atoms with Crippen molar-refractivity contribution in [1.82, 2.24) is 0 Å². The van der Waals surface area contributed by atoms with Crippen LogP contribution in [0.1, 0.15) is 0 Å². The highest BCUT2D eigenvalue weighted by Crippen LogP contribution is 2.17. The van der Waals surface area contributed by atoms with E-state index in [2.05, 4.69) is 10.2 Å². The molecular formula is C6H13O4Si. The summed E-state index contributed by atoms with van der Waals surface area (Å²) in [6, 6.07) is 0. The van der Waals surface area contributed by atoms with Crippen molar-refractivity contribution in [3.05, 3.63) is 0 Å². The Hall–Kier alpha value is 0.0569. The molecular weight excluding hydrogens is 164 g/mol. The zero-order valence-electron chi connectivity index (χ0n) is 7.21. The summed E-state index contributed by atoms with van der Waals surface area (Å²) in [5, 5.41) is 0. The minimum absolute atomic E-state index is 0.470. The van der Waals surface area contributed by atoms with E-state index in [4.69, 9.17) is 18.9 Å². The van der Waals surface area contributed by atoms with Gasteiger partial charge in [-0.1, -0.05) is 0 Å². The van der Waals surface area contributed by atoms with E-state index in [1.54, 1.807) is 0 Å². The number of hydrogen-bond acceptors (Lipinski definition) is 4. The summed E-state index contributed by atoms with van der Waals surface area (Å²) in [4.78, 5) is 0. The molecule has 0 amide bonds. The van der Waals surface area contributed by atoms with Crippen molar-refractivity contribution in [3.8, 4) is 0 Å². The first-order valence-electron chi connectivity index (χ1n) is 3.06. The predicted molar refractivity (Wildman–Crippen MR) is 40.3 cm³/mol. The lowest BCUT2D eigenvalue weighted by Crippen LogP contribution is -2.49. The molecule has 1 unspecified atom stereocenters. The van der Waals surface area contributed by atoms with Gasteiger partial charge in [0.2, 0.25) is 0 Å². The van der Waals surface area contributed by atoms with Crippen LogP contribution in [0.4, 0.5) is 0 Å². The quantitative estimate of drug-likeness (QED) is 0.427. The smallest absolute Gasteiger partial charge is 0.305 e. The molecule has 5 heteroatoms. The van der Waals surface area contributed by atoms with Gasteiger partial charge in [-0.15, -0.1) is 0 Å². The number of methoxy groups -OCH3 is 4. The summed E-state index contributed by atoms with van der Waals surface area (Å²) in [6.07, 6.45) is 0. The second-order valence-corrected chi connectivity index (χ2v) is 2.36. The van der Waals surface area contributed by atoms with Crippen LogP contribution in [0, 0.1) is 0 Å². The highest BCUT2D eigenvalue weighted by molar-refractivity contribution is 6.11. The molecule has 0 aliphatic carbocycles. The highest BCUT2D eigenvalue weighted by Gasteiger charge is 2.37. The Morgan fingerprint density at radius 2 is 1.36 bits per heavy atom. The van der Waals surface area contributed by atoms with Gasteiger partial charge in [0.1, 0.15) is 5.73 Å². The van der Waals surface area contributed by atoms with Crippen molar-refractivity contribution < 1.29 is 18.9 Å². The molecule has 0 aromatic rings. The lowest BCUT2D eigenvalue weighted by Gasteiger charge is -2.33.